The molecule has 0 fully saturated rings. The van der Waals surface area contributed by atoms with Gasteiger partial charge >= 0.3 is 0 Å². The number of nitrogens with zero attached hydrogens (tertiary/aromatic N) is 2. The van der Waals surface area contributed by atoms with E-state index >= 15 is 0 Å². The van der Waals surface area contributed by atoms with Gasteiger partial charge in [0.1, 0.15) is 28.6 Å². The Balaban J connectivity index is 1.69. The second kappa shape index (κ2) is 12.9. The second-order valence-corrected chi connectivity index (χ2v) is 15.0. The van der Waals surface area contributed by atoms with Crippen molar-refractivity contribution in [2.24, 2.45) is 10.2 Å². The Kier molecular flexibility index (Phi) is 9.27. The molecule has 0 heterocycles. The lowest BCUT2D eigenvalue weighted by atomic mass is 10.1. The maximum atomic E-state index is 13.3. The summed E-state index contributed by atoms with van der Waals surface area (Å²) in [5.41, 5.74) is 0.166. The summed E-state index contributed by atoms with van der Waals surface area (Å²) in [6.45, 7) is 1.85. The Hall–Kier alpha value is -4.58. The van der Waals surface area contributed by atoms with Crippen molar-refractivity contribution in [1.82, 2.24) is 0 Å². The number of hydrogen-bond acceptors (Lipinski definition) is 10. The fourth-order valence-electron chi connectivity index (χ4n) is 4.43. The highest BCUT2D eigenvalue weighted by Gasteiger charge is 2.27. The monoisotopic (exact) mass is 717 g/mol. The molecule has 0 aliphatic heterocycles. The van der Waals surface area contributed by atoms with Gasteiger partial charge in [-0.25, -0.2) is 8.42 Å². The molecule has 5 aromatic carbocycles. The average molecular weight is 718 g/mol. The van der Waals surface area contributed by atoms with Gasteiger partial charge in [-0.3, -0.25) is 13.8 Å². The standard InChI is InChI=1S/C30H24ClN3O10S3/c1-18-7-10-22(11-8-18)45(36,37)34-25-16-23(46(38,39)40)13-20-14-27(47(41,42)43)29(30(35)28(20)25)33-32-24-15-21(31)9-12-26(24)44-17-19-5-3-2-4-6-19/h2-16,34-35H,17H2,1H3,(H,38,39,40)(H,41,42,43). The fraction of sp³-hybridized carbons (Fsp3) is 0.0667. The molecule has 17 heteroatoms. The fourth-order valence-corrected chi connectivity index (χ4v) is 6.86. The predicted octanol–water partition coefficient (Wildman–Crippen LogP) is 6.80. The predicted molar refractivity (Wildman–Crippen MR) is 174 cm³/mol. The molecule has 0 radical (unpaired) electrons. The van der Waals surface area contributed by atoms with E-state index < -0.39 is 67.9 Å². The van der Waals surface area contributed by atoms with Crippen LogP contribution in [0.25, 0.3) is 10.8 Å². The van der Waals surface area contributed by atoms with Crippen LogP contribution in [0.5, 0.6) is 11.5 Å². The first-order chi connectivity index (χ1) is 22.0. The van der Waals surface area contributed by atoms with E-state index in [1.807, 2.05) is 30.3 Å². The summed E-state index contributed by atoms with van der Waals surface area (Å²) in [5, 5.41) is 18.7. The van der Waals surface area contributed by atoms with Crippen LogP contribution in [-0.4, -0.2) is 39.5 Å². The lowest BCUT2D eigenvalue weighted by Gasteiger charge is -2.16. The van der Waals surface area contributed by atoms with Crippen molar-refractivity contribution in [3.05, 3.63) is 107 Å². The number of phenols is 1. The van der Waals surface area contributed by atoms with Gasteiger partial charge in [0.15, 0.2) is 5.75 Å². The summed E-state index contributed by atoms with van der Waals surface area (Å²) in [6.07, 6.45) is 0. The lowest BCUT2D eigenvalue weighted by Crippen LogP contribution is -2.14. The van der Waals surface area contributed by atoms with Crippen LogP contribution in [-0.2, 0) is 36.9 Å². The molecule has 47 heavy (non-hydrogen) atoms. The lowest BCUT2D eigenvalue weighted by molar-refractivity contribution is 0.307. The number of anilines is 1. The molecule has 0 spiro atoms. The molecular formula is C30H24ClN3O10S3. The SMILES string of the molecule is Cc1ccc(S(=O)(=O)Nc2cc(S(=O)(=O)O)cc3cc(S(=O)(=O)O)c(N=Nc4cc(Cl)ccc4OCc4ccccc4)c(O)c23)cc1. The Morgan fingerprint density at radius 2 is 1.47 bits per heavy atom. The van der Waals surface area contributed by atoms with E-state index in [1.165, 1.54) is 42.5 Å². The maximum Gasteiger partial charge on any atom is 0.296 e. The number of rotatable bonds is 10. The van der Waals surface area contributed by atoms with Gasteiger partial charge < -0.3 is 9.84 Å². The quantitative estimate of drug-likeness (QED) is 0.0877. The summed E-state index contributed by atoms with van der Waals surface area (Å²) in [6, 6.07) is 21.3. The van der Waals surface area contributed by atoms with Crippen LogP contribution in [0.3, 0.4) is 0 Å². The van der Waals surface area contributed by atoms with Gasteiger partial charge in [-0.2, -0.15) is 16.8 Å². The summed E-state index contributed by atoms with van der Waals surface area (Å²) in [5.74, 6) is -0.837. The Labute approximate surface area is 274 Å². The van der Waals surface area contributed by atoms with Crippen molar-refractivity contribution in [3.8, 4) is 11.5 Å². The third-order valence-corrected chi connectivity index (χ3v) is 10.0. The topological polar surface area (TPSA) is 209 Å². The molecule has 0 bridgehead atoms. The van der Waals surface area contributed by atoms with Crippen LogP contribution in [0.15, 0.2) is 116 Å². The minimum absolute atomic E-state index is 0.00349. The molecule has 5 aromatic rings. The van der Waals surface area contributed by atoms with Crippen molar-refractivity contribution in [2.75, 3.05) is 4.72 Å². The number of phenolic OH excluding ortho intramolecular Hbond substituents is 1. The molecule has 0 unspecified atom stereocenters. The Morgan fingerprint density at radius 1 is 0.787 bits per heavy atom. The van der Waals surface area contributed by atoms with Crippen LogP contribution in [0.1, 0.15) is 11.1 Å². The zero-order chi connectivity index (χ0) is 34.1. The van der Waals surface area contributed by atoms with Crippen molar-refractivity contribution >= 4 is 69.7 Å². The molecule has 5 rings (SSSR count). The number of azo groups is 1. The molecule has 0 atom stereocenters. The van der Waals surface area contributed by atoms with Crippen molar-refractivity contribution in [2.45, 2.75) is 28.2 Å². The van der Waals surface area contributed by atoms with E-state index in [9.17, 15) is 39.5 Å². The molecule has 0 amide bonds. The summed E-state index contributed by atoms with van der Waals surface area (Å²) < 4.78 is 103. The maximum absolute atomic E-state index is 13.3. The summed E-state index contributed by atoms with van der Waals surface area (Å²) in [4.78, 5) is -2.09. The molecule has 244 valence electrons. The first-order valence-corrected chi connectivity index (χ1v) is 18.0. The van der Waals surface area contributed by atoms with Crippen LogP contribution in [0.4, 0.5) is 17.1 Å². The molecule has 0 aliphatic carbocycles. The minimum Gasteiger partial charge on any atom is -0.505 e. The Bertz CT molecular complexity index is 2370. The number of sulfonamides is 1. The molecule has 0 aliphatic rings. The normalized spacial score (nSPS) is 12.4. The van der Waals surface area contributed by atoms with Gasteiger partial charge in [0.2, 0.25) is 0 Å². The highest BCUT2D eigenvalue weighted by atomic mass is 35.5. The van der Waals surface area contributed by atoms with E-state index in [1.54, 1.807) is 6.92 Å². The number of aromatic hydroxyl groups is 1. The van der Waals surface area contributed by atoms with E-state index in [-0.39, 0.29) is 28.0 Å². The number of fused-ring (bicyclic) bond motifs is 1. The van der Waals surface area contributed by atoms with Gasteiger partial charge in [-0.1, -0.05) is 59.6 Å². The van der Waals surface area contributed by atoms with Gasteiger partial charge in [0, 0.05) is 5.02 Å². The van der Waals surface area contributed by atoms with Gasteiger partial charge in [-0.15, -0.1) is 10.2 Å². The molecule has 13 nitrogen and oxygen atoms in total. The smallest absolute Gasteiger partial charge is 0.296 e. The highest BCUT2D eigenvalue weighted by Crippen LogP contribution is 2.46. The zero-order valence-corrected chi connectivity index (χ0v) is 27.3. The third-order valence-electron chi connectivity index (χ3n) is 6.69. The van der Waals surface area contributed by atoms with Gasteiger partial charge in [0.05, 0.1) is 20.9 Å². The Morgan fingerprint density at radius 3 is 2.11 bits per heavy atom. The number of benzene rings is 5. The highest BCUT2D eigenvalue weighted by molar-refractivity contribution is 7.92. The van der Waals surface area contributed by atoms with Crippen LogP contribution in [0, 0.1) is 6.92 Å². The molecular weight excluding hydrogens is 694 g/mol. The summed E-state index contributed by atoms with van der Waals surface area (Å²) in [7, 11) is -14.6. The van der Waals surface area contributed by atoms with E-state index in [0.717, 1.165) is 29.3 Å². The van der Waals surface area contributed by atoms with Crippen LogP contribution < -0.4 is 9.46 Å². The molecule has 0 saturated heterocycles. The van der Waals surface area contributed by atoms with Crippen molar-refractivity contribution in [1.29, 1.82) is 0 Å². The zero-order valence-electron chi connectivity index (χ0n) is 24.1. The number of aryl methyl sites for hydroxylation is 1. The van der Waals surface area contributed by atoms with E-state index in [0.29, 0.717) is 0 Å². The summed E-state index contributed by atoms with van der Waals surface area (Å²) >= 11 is 6.14. The number of halogens is 1. The van der Waals surface area contributed by atoms with Crippen molar-refractivity contribution in [3.63, 3.8) is 0 Å². The number of ether oxygens (including phenoxy) is 1. The first-order valence-electron chi connectivity index (χ1n) is 13.3. The number of hydrogen-bond donors (Lipinski definition) is 4. The van der Waals surface area contributed by atoms with Crippen LogP contribution >= 0.6 is 11.6 Å². The van der Waals surface area contributed by atoms with E-state index in [4.69, 9.17) is 16.3 Å². The largest absolute Gasteiger partial charge is 0.505 e. The molecule has 0 saturated carbocycles. The van der Waals surface area contributed by atoms with E-state index in [2.05, 4.69) is 15.0 Å². The second-order valence-electron chi connectivity index (χ2n) is 10.1. The van der Waals surface area contributed by atoms with Crippen LogP contribution in [0.2, 0.25) is 5.02 Å². The van der Waals surface area contributed by atoms with Gasteiger partial charge in [0.25, 0.3) is 30.3 Å². The minimum atomic E-state index is -5.18. The third kappa shape index (κ3) is 7.70. The first kappa shape index (κ1) is 33.8. The van der Waals surface area contributed by atoms with Crippen molar-refractivity contribution < 1.29 is 44.2 Å². The molecule has 4 N–H and O–H groups in total. The van der Waals surface area contributed by atoms with Gasteiger partial charge in [-0.05, 0) is 66.4 Å². The molecule has 0 aromatic heterocycles. The number of nitrogens with one attached hydrogen (secondary N) is 1. The average Bonchev–Trinajstić information content (AvgIpc) is 2.99.